The van der Waals surface area contributed by atoms with Gasteiger partial charge in [0.2, 0.25) is 0 Å². The first kappa shape index (κ1) is 11.5. The summed E-state index contributed by atoms with van der Waals surface area (Å²) < 4.78 is 0. The van der Waals surface area contributed by atoms with Gasteiger partial charge in [0.25, 0.3) is 0 Å². The van der Waals surface area contributed by atoms with E-state index in [0.29, 0.717) is 6.04 Å². The van der Waals surface area contributed by atoms with Crippen LogP contribution in [0.2, 0.25) is 0 Å². The van der Waals surface area contributed by atoms with E-state index < -0.39 is 0 Å². The highest BCUT2D eigenvalue weighted by Gasteiger charge is 2.25. The molecule has 3 unspecified atom stereocenters. The van der Waals surface area contributed by atoms with Crippen molar-refractivity contribution in [2.75, 3.05) is 13.1 Å². The smallest absolute Gasteiger partial charge is 0.0947 e. The van der Waals surface area contributed by atoms with Gasteiger partial charge >= 0.3 is 0 Å². The van der Waals surface area contributed by atoms with Crippen molar-refractivity contribution in [2.45, 2.75) is 38.8 Å². The lowest BCUT2D eigenvalue weighted by Crippen LogP contribution is -2.47. The van der Waals surface area contributed by atoms with Crippen molar-refractivity contribution < 1.29 is 5.11 Å². The van der Waals surface area contributed by atoms with E-state index in [2.05, 4.69) is 11.8 Å². The highest BCUT2D eigenvalue weighted by molar-refractivity contribution is 5.79. The lowest BCUT2D eigenvalue weighted by molar-refractivity contribution is 0.0376. The summed E-state index contributed by atoms with van der Waals surface area (Å²) in [5.74, 6) is 0.319. The van der Waals surface area contributed by atoms with Crippen molar-refractivity contribution in [2.24, 2.45) is 11.7 Å². The van der Waals surface area contributed by atoms with Gasteiger partial charge in [-0.2, -0.15) is 0 Å². The van der Waals surface area contributed by atoms with E-state index in [0.717, 1.165) is 25.9 Å². The van der Waals surface area contributed by atoms with Crippen LogP contribution < -0.4 is 5.73 Å². The number of hydrogen-bond acceptors (Lipinski definition) is 3. The fourth-order valence-electron chi connectivity index (χ4n) is 1.86. The van der Waals surface area contributed by atoms with Crippen LogP contribution >= 0.6 is 0 Å². The van der Waals surface area contributed by atoms with Gasteiger partial charge in [0.15, 0.2) is 0 Å². The number of aliphatic hydroxyl groups excluding tert-OH is 1. The highest BCUT2D eigenvalue weighted by Crippen LogP contribution is 2.18. The molecule has 0 aromatic rings. The Kier molecular flexibility index (Phi) is 3.89. The van der Waals surface area contributed by atoms with E-state index in [-0.39, 0.29) is 17.9 Å². The van der Waals surface area contributed by atoms with Gasteiger partial charge in [0.1, 0.15) is 0 Å². The minimum Gasteiger partial charge on any atom is -0.392 e. The largest absolute Gasteiger partial charge is 0.392 e. The molecule has 0 aliphatic carbocycles. The summed E-state index contributed by atoms with van der Waals surface area (Å²) in [4.78, 5) is 2.22. The van der Waals surface area contributed by atoms with Crippen LogP contribution in [0.25, 0.3) is 0 Å². The number of β-amino-alcohol motifs (C(OH)–C–C–N with tert-alkyl or cyclic N) is 1. The third-order valence-corrected chi connectivity index (χ3v) is 3.03. The Bertz CT molecular complexity index is 208. The molecule has 1 saturated heterocycles. The molecule has 1 heterocycles. The number of amidine groups is 1. The molecule has 0 aromatic heterocycles. The number of nitrogens with zero attached hydrogens (tertiary/aromatic N) is 1. The summed E-state index contributed by atoms with van der Waals surface area (Å²) in [5.41, 5.74) is 5.43. The minimum atomic E-state index is -0.203. The van der Waals surface area contributed by atoms with Gasteiger partial charge < -0.3 is 10.8 Å². The first-order valence-corrected chi connectivity index (χ1v) is 5.26. The number of hydrogen-bond donors (Lipinski definition) is 3. The Balaban J connectivity index is 2.45. The van der Waals surface area contributed by atoms with Crippen molar-refractivity contribution >= 4 is 5.84 Å². The second-order valence-electron chi connectivity index (χ2n) is 4.39. The van der Waals surface area contributed by atoms with E-state index in [4.69, 9.17) is 11.1 Å². The molecule has 14 heavy (non-hydrogen) atoms. The molecule has 4 N–H and O–H groups in total. The fourth-order valence-corrected chi connectivity index (χ4v) is 1.86. The van der Waals surface area contributed by atoms with Gasteiger partial charge in [0, 0.05) is 25.0 Å². The molecule has 1 rings (SSSR count). The van der Waals surface area contributed by atoms with E-state index in [1.165, 1.54) is 0 Å². The molecule has 1 aliphatic rings. The van der Waals surface area contributed by atoms with E-state index in [1.807, 2.05) is 6.92 Å². The van der Waals surface area contributed by atoms with Crippen molar-refractivity contribution in [1.29, 1.82) is 5.41 Å². The predicted octanol–water partition coefficient (Wildman–Crippen LogP) is 0.404. The quantitative estimate of drug-likeness (QED) is 0.455. The number of nitrogens with two attached hydrogens (primary N) is 1. The Morgan fingerprint density at radius 2 is 2.29 bits per heavy atom. The summed E-state index contributed by atoms with van der Waals surface area (Å²) in [7, 11) is 0. The summed E-state index contributed by atoms with van der Waals surface area (Å²) >= 11 is 0. The molecule has 0 amide bonds. The summed E-state index contributed by atoms with van der Waals surface area (Å²) in [6.07, 6.45) is 1.73. The molecule has 0 bridgehead atoms. The maximum absolute atomic E-state index is 9.52. The molecule has 1 fully saturated rings. The van der Waals surface area contributed by atoms with Gasteiger partial charge in [-0.05, 0) is 19.8 Å². The monoisotopic (exact) mass is 199 g/mol. The Morgan fingerprint density at radius 3 is 2.86 bits per heavy atom. The molecule has 0 radical (unpaired) electrons. The number of likely N-dealkylation sites (tertiary alicyclic amines) is 1. The zero-order chi connectivity index (χ0) is 10.7. The SMILES string of the molecule is CC(CN1CC(O)CCC1C)C(=N)N. The van der Waals surface area contributed by atoms with E-state index in [1.54, 1.807) is 0 Å². The maximum Gasteiger partial charge on any atom is 0.0947 e. The third-order valence-electron chi connectivity index (χ3n) is 3.03. The second-order valence-corrected chi connectivity index (χ2v) is 4.39. The lowest BCUT2D eigenvalue weighted by atomic mass is 9.99. The van der Waals surface area contributed by atoms with Crippen LogP contribution in [-0.4, -0.2) is 41.1 Å². The van der Waals surface area contributed by atoms with Gasteiger partial charge in [0.05, 0.1) is 11.9 Å². The molecule has 1 aliphatic heterocycles. The molecular weight excluding hydrogens is 178 g/mol. The zero-order valence-electron chi connectivity index (χ0n) is 9.03. The van der Waals surface area contributed by atoms with E-state index in [9.17, 15) is 5.11 Å². The van der Waals surface area contributed by atoms with Crippen LogP contribution in [-0.2, 0) is 0 Å². The molecule has 4 nitrogen and oxygen atoms in total. The molecule has 0 spiro atoms. The van der Waals surface area contributed by atoms with E-state index >= 15 is 0 Å². The second kappa shape index (κ2) is 4.75. The van der Waals surface area contributed by atoms with Gasteiger partial charge in [-0.15, -0.1) is 0 Å². The average Bonchev–Trinajstić information content (AvgIpc) is 2.11. The van der Waals surface area contributed by atoms with Crippen LogP contribution in [0.3, 0.4) is 0 Å². The van der Waals surface area contributed by atoms with Gasteiger partial charge in [-0.3, -0.25) is 10.3 Å². The third kappa shape index (κ3) is 2.96. The fraction of sp³-hybridized carbons (Fsp3) is 0.900. The molecule has 4 heteroatoms. The minimum absolute atomic E-state index is 0.0859. The number of nitrogens with one attached hydrogen (secondary N) is 1. The van der Waals surface area contributed by atoms with Crippen molar-refractivity contribution in [1.82, 2.24) is 4.90 Å². The topological polar surface area (TPSA) is 73.3 Å². The van der Waals surface area contributed by atoms with Gasteiger partial charge in [-0.1, -0.05) is 6.92 Å². The van der Waals surface area contributed by atoms with Crippen LogP contribution in [0.1, 0.15) is 26.7 Å². The standard InChI is InChI=1S/C10H21N3O/c1-7(10(11)12)5-13-6-9(14)4-3-8(13)2/h7-9,14H,3-6H2,1-2H3,(H3,11,12). The van der Waals surface area contributed by atoms with Crippen molar-refractivity contribution in [3.63, 3.8) is 0 Å². The van der Waals surface area contributed by atoms with Crippen LogP contribution in [0.4, 0.5) is 0 Å². The summed E-state index contributed by atoms with van der Waals surface area (Å²) in [6, 6.07) is 0.500. The van der Waals surface area contributed by atoms with Gasteiger partial charge in [-0.25, -0.2) is 0 Å². The predicted molar refractivity (Wildman–Crippen MR) is 57.4 cm³/mol. The maximum atomic E-state index is 9.52. The van der Waals surface area contributed by atoms with Crippen LogP contribution in [0.15, 0.2) is 0 Å². The van der Waals surface area contributed by atoms with Crippen LogP contribution in [0, 0.1) is 11.3 Å². The number of aliphatic hydroxyl groups is 1. The molecular formula is C10H21N3O. The molecule has 0 saturated carbocycles. The Hall–Kier alpha value is -0.610. The average molecular weight is 199 g/mol. The lowest BCUT2D eigenvalue weighted by Gasteiger charge is -2.37. The van der Waals surface area contributed by atoms with Crippen molar-refractivity contribution in [3.8, 4) is 0 Å². The molecule has 3 atom stereocenters. The number of piperidine rings is 1. The van der Waals surface area contributed by atoms with Crippen LogP contribution in [0.5, 0.6) is 0 Å². The molecule has 0 aromatic carbocycles. The van der Waals surface area contributed by atoms with Crippen molar-refractivity contribution in [3.05, 3.63) is 0 Å². The Morgan fingerprint density at radius 1 is 1.64 bits per heavy atom. The molecule has 82 valence electrons. The first-order valence-electron chi connectivity index (χ1n) is 5.26. The zero-order valence-corrected chi connectivity index (χ0v) is 9.03. The number of rotatable bonds is 3. The summed E-state index contributed by atoms with van der Waals surface area (Å²) in [6.45, 7) is 5.63. The normalized spacial score (nSPS) is 31.4. The Labute approximate surface area is 85.6 Å². The first-order chi connectivity index (χ1) is 6.50. The summed E-state index contributed by atoms with van der Waals surface area (Å²) in [5, 5.41) is 16.8. The highest BCUT2D eigenvalue weighted by atomic mass is 16.3.